The van der Waals surface area contributed by atoms with Crippen molar-refractivity contribution in [1.82, 2.24) is 0 Å². The molecule has 0 spiro atoms. The number of hydrogen-bond acceptors (Lipinski definition) is 6. The third-order valence-electron chi connectivity index (χ3n) is 2.86. The molecule has 1 aromatic carbocycles. The Hall–Kier alpha value is -3.29. The Morgan fingerprint density at radius 1 is 1.14 bits per heavy atom. The average Bonchev–Trinajstić information content (AvgIpc) is 3.09. The van der Waals surface area contributed by atoms with Crippen LogP contribution in [0.15, 0.2) is 52.2 Å². The number of benzene rings is 1. The molecule has 104 valence electrons. The second-order valence-corrected chi connectivity index (χ2v) is 4.15. The molecule has 1 aliphatic heterocycles. The summed E-state index contributed by atoms with van der Waals surface area (Å²) >= 11 is 0. The first kappa shape index (κ1) is 12.7. The number of anilines is 1. The highest BCUT2D eigenvalue weighted by Crippen LogP contribution is 2.23. The van der Waals surface area contributed by atoms with Crippen LogP contribution < -0.4 is 5.01 Å². The average molecular weight is 285 g/mol. The van der Waals surface area contributed by atoms with Crippen molar-refractivity contribution >= 4 is 28.8 Å². The number of carbonyl (C=O) groups is 2. The van der Waals surface area contributed by atoms with Crippen molar-refractivity contribution in [3.05, 3.63) is 58.5 Å². The van der Waals surface area contributed by atoms with E-state index < -0.39 is 16.6 Å². The van der Waals surface area contributed by atoms with Crippen molar-refractivity contribution in [2.75, 3.05) is 5.01 Å². The van der Waals surface area contributed by atoms with Crippen molar-refractivity contribution in [2.45, 2.75) is 0 Å². The Labute approximate surface area is 117 Å². The fourth-order valence-corrected chi connectivity index (χ4v) is 1.85. The number of nitro groups is 1. The lowest BCUT2D eigenvalue weighted by atomic mass is 10.2. The van der Waals surface area contributed by atoms with E-state index in [-0.39, 0.29) is 22.8 Å². The standard InChI is InChI=1S/C13H7N3O5/c17-12-11(10-2-1-7-21-10)14-15(13(12)18)8-3-5-9(6-4-8)16(19)20/h1-7H. The van der Waals surface area contributed by atoms with Crippen LogP contribution in [0.4, 0.5) is 11.4 Å². The van der Waals surface area contributed by atoms with Gasteiger partial charge in [0, 0.05) is 12.1 Å². The molecule has 0 saturated carbocycles. The number of hydrazone groups is 1. The summed E-state index contributed by atoms with van der Waals surface area (Å²) in [6.45, 7) is 0. The molecule has 1 aromatic heterocycles. The van der Waals surface area contributed by atoms with Crippen LogP contribution in [0.2, 0.25) is 0 Å². The SMILES string of the molecule is O=C1C(=O)N(c2ccc([N+](=O)[O-])cc2)N=C1c1ccco1. The molecule has 1 amide bonds. The summed E-state index contributed by atoms with van der Waals surface area (Å²) in [5, 5.41) is 15.4. The van der Waals surface area contributed by atoms with Crippen molar-refractivity contribution < 1.29 is 18.9 Å². The van der Waals surface area contributed by atoms with Crippen LogP contribution in [0, 0.1) is 10.1 Å². The van der Waals surface area contributed by atoms with Crippen LogP contribution >= 0.6 is 0 Å². The van der Waals surface area contributed by atoms with Gasteiger partial charge in [0.05, 0.1) is 16.9 Å². The van der Waals surface area contributed by atoms with E-state index in [4.69, 9.17) is 4.42 Å². The lowest BCUT2D eigenvalue weighted by Crippen LogP contribution is -2.27. The predicted octanol–water partition coefficient (Wildman–Crippen LogP) is 1.51. The summed E-state index contributed by atoms with van der Waals surface area (Å²) in [5.74, 6) is -1.43. The second-order valence-electron chi connectivity index (χ2n) is 4.15. The van der Waals surface area contributed by atoms with Gasteiger partial charge >= 0.3 is 5.91 Å². The number of rotatable bonds is 3. The minimum Gasteiger partial charge on any atom is -0.462 e. The smallest absolute Gasteiger partial charge is 0.321 e. The molecule has 0 fully saturated rings. The first-order valence-corrected chi connectivity index (χ1v) is 5.83. The van der Waals surface area contributed by atoms with Gasteiger partial charge in [0.25, 0.3) is 11.5 Å². The van der Waals surface area contributed by atoms with E-state index in [0.29, 0.717) is 0 Å². The molecule has 21 heavy (non-hydrogen) atoms. The molecule has 8 nitrogen and oxygen atoms in total. The fourth-order valence-electron chi connectivity index (χ4n) is 1.85. The highest BCUT2D eigenvalue weighted by Gasteiger charge is 2.37. The third kappa shape index (κ3) is 2.08. The van der Waals surface area contributed by atoms with Gasteiger partial charge in [-0.3, -0.25) is 19.7 Å². The number of carbonyl (C=O) groups excluding carboxylic acids is 2. The Bertz CT molecular complexity index is 762. The summed E-state index contributed by atoms with van der Waals surface area (Å²) in [4.78, 5) is 33.8. The number of non-ortho nitro benzene ring substituents is 1. The normalized spacial score (nSPS) is 14.5. The molecular formula is C13H7N3O5. The van der Waals surface area contributed by atoms with E-state index in [1.165, 1.54) is 36.6 Å². The van der Waals surface area contributed by atoms with E-state index in [9.17, 15) is 19.7 Å². The molecule has 0 aliphatic carbocycles. The Kier molecular flexibility index (Phi) is 2.83. The quantitative estimate of drug-likeness (QED) is 0.482. The van der Waals surface area contributed by atoms with Crippen LogP contribution in [0.3, 0.4) is 0 Å². The van der Waals surface area contributed by atoms with Crippen LogP contribution in [0.5, 0.6) is 0 Å². The first-order chi connectivity index (χ1) is 10.1. The van der Waals surface area contributed by atoms with Crippen molar-refractivity contribution in [3.8, 4) is 0 Å². The maximum Gasteiger partial charge on any atom is 0.321 e. The van der Waals surface area contributed by atoms with E-state index >= 15 is 0 Å². The highest BCUT2D eigenvalue weighted by atomic mass is 16.6. The molecule has 0 radical (unpaired) electrons. The zero-order chi connectivity index (χ0) is 15.0. The van der Waals surface area contributed by atoms with Crippen LogP contribution in [0.1, 0.15) is 5.76 Å². The molecule has 2 aromatic rings. The van der Waals surface area contributed by atoms with Crippen LogP contribution in [0.25, 0.3) is 0 Å². The number of nitro benzene ring substituents is 1. The van der Waals surface area contributed by atoms with Crippen molar-refractivity contribution in [3.63, 3.8) is 0 Å². The van der Waals surface area contributed by atoms with Gasteiger partial charge in [0.15, 0.2) is 11.5 Å². The molecule has 0 unspecified atom stereocenters. The van der Waals surface area contributed by atoms with Gasteiger partial charge in [-0.15, -0.1) is 0 Å². The zero-order valence-electron chi connectivity index (χ0n) is 10.4. The Balaban J connectivity index is 1.97. The fraction of sp³-hybridized carbons (Fsp3) is 0. The lowest BCUT2D eigenvalue weighted by Gasteiger charge is -2.09. The monoisotopic (exact) mass is 285 g/mol. The Morgan fingerprint density at radius 3 is 2.43 bits per heavy atom. The number of furan rings is 1. The predicted molar refractivity (Wildman–Crippen MR) is 70.8 cm³/mol. The van der Waals surface area contributed by atoms with Gasteiger partial charge in [0.2, 0.25) is 0 Å². The van der Waals surface area contributed by atoms with Gasteiger partial charge in [-0.25, -0.2) is 0 Å². The van der Waals surface area contributed by atoms with Crippen molar-refractivity contribution in [1.29, 1.82) is 0 Å². The molecule has 0 atom stereocenters. The van der Waals surface area contributed by atoms with E-state index in [1.54, 1.807) is 6.07 Å². The number of ketones is 1. The van der Waals surface area contributed by atoms with Gasteiger partial charge in [0.1, 0.15) is 0 Å². The molecule has 0 bridgehead atoms. The maximum absolute atomic E-state index is 11.9. The van der Waals surface area contributed by atoms with Gasteiger partial charge < -0.3 is 4.42 Å². The molecule has 1 aliphatic rings. The number of hydrogen-bond donors (Lipinski definition) is 0. The van der Waals surface area contributed by atoms with Crippen LogP contribution in [-0.2, 0) is 9.59 Å². The molecule has 0 N–H and O–H groups in total. The van der Waals surface area contributed by atoms with E-state index in [1.807, 2.05) is 0 Å². The van der Waals surface area contributed by atoms with Gasteiger partial charge in [-0.2, -0.15) is 10.1 Å². The summed E-state index contributed by atoms with van der Waals surface area (Å²) < 4.78 is 5.05. The summed E-state index contributed by atoms with van der Waals surface area (Å²) in [6, 6.07) is 8.24. The van der Waals surface area contributed by atoms with Gasteiger partial charge in [-0.05, 0) is 24.3 Å². The molecule has 0 saturated heterocycles. The first-order valence-electron chi connectivity index (χ1n) is 5.83. The van der Waals surface area contributed by atoms with Gasteiger partial charge in [-0.1, -0.05) is 0 Å². The minimum absolute atomic E-state index is 0.0941. The molecule has 3 rings (SSSR count). The zero-order valence-corrected chi connectivity index (χ0v) is 10.4. The minimum atomic E-state index is -0.838. The highest BCUT2D eigenvalue weighted by molar-refractivity contribution is 6.72. The number of amides is 1. The molecule has 8 heteroatoms. The number of Topliss-reactive ketones (excluding diaryl/α,β-unsaturated/α-hetero) is 1. The second kappa shape index (κ2) is 4.67. The number of nitrogens with zero attached hydrogens (tertiary/aromatic N) is 3. The summed E-state index contributed by atoms with van der Waals surface area (Å²) in [6.07, 6.45) is 1.37. The molecule has 2 heterocycles. The maximum atomic E-state index is 11.9. The Morgan fingerprint density at radius 2 is 1.86 bits per heavy atom. The molecular weight excluding hydrogens is 278 g/mol. The van der Waals surface area contributed by atoms with E-state index in [2.05, 4.69) is 5.10 Å². The van der Waals surface area contributed by atoms with Crippen molar-refractivity contribution in [2.24, 2.45) is 5.10 Å². The van der Waals surface area contributed by atoms with Crippen LogP contribution in [-0.4, -0.2) is 22.3 Å². The summed E-state index contributed by atoms with van der Waals surface area (Å²) in [5.41, 5.74) is 0.0517. The summed E-state index contributed by atoms with van der Waals surface area (Å²) in [7, 11) is 0. The lowest BCUT2D eigenvalue weighted by molar-refractivity contribution is -0.384. The largest absolute Gasteiger partial charge is 0.462 e. The third-order valence-corrected chi connectivity index (χ3v) is 2.86. The van der Waals surface area contributed by atoms with E-state index in [0.717, 1.165) is 5.01 Å². The topological polar surface area (TPSA) is 106 Å².